The second-order valence-electron chi connectivity index (χ2n) is 5.59. The summed E-state index contributed by atoms with van der Waals surface area (Å²) in [5.41, 5.74) is 10.2. The van der Waals surface area contributed by atoms with Gasteiger partial charge in [0.15, 0.2) is 0 Å². The molecule has 0 aliphatic rings. The SMILES string of the molecule is N#Cc1ccc(COc2ccc(CNNc3ccccc3)cc2)cc1. The van der Waals surface area contributed by atoms with Crippen LogP contribution in [0.3, 0.4) is 0 Å². The lowest BCUT2D eigenvalue weighted by Crippen LogP contribution is -2.20. The van der Waals surface area contributed by atoms with E-state index in [9.17, 15) is 0 Å². The van der Waals surface area contributed by atoms with Crippen molar-refractivity contribution in [2.75, 3.05) is 5.43 Å². The first-order valence-corrected chi connectivity index (χ1v) is 8.08. The topological polar surface area (TPSA) is 57.1 Å². The van der Waals surface area contributed by atoms with Crippen molar-refractivity contribution < 1.29 is 4.74 Å². The molecule has 0 radical (unpaired) electrons. The van der Waals surface area contributed by atoms with E-state index in [2.05, 4.69) is 16.9 Å². The van der Waals surface area contributed by atoms with Crippen molar-refractivity contribution in [3.63, 3.8) is 0 Å². The maximum atomic E-state index is 8.80. The van der Waals surface area contributed by atoms with E-state index in [4.69, 9.17) is 10.00 Å². The van der Waals surface area contributed by atoms with Crippen molar-refractivity contribution in [3.05, 3.63) is 95.6 Å². The van der Waals surface area contributed by atoms with Gasteiger partial charge < -0.3 is 10.2 Å². The number of benzene rings is 3. The molecule has 3 aromatic carbocycles. The molecular formula is C21H19N3O. The van der Waals surface area contributed by atoms with Gasteiger partial charge in [0.1, 0.15) is 12.4 Å². The van der Waals surface area contributed by atoms with Crippen LogP contribution in [0, 0.1) is 11.3 Å². The maximum Gasteiger partial charge on any atom is 0.119 e. The normalized spacial score (nSPS) is 10.0. The molecule has 0 amide bonds. The van der Waals surface area contributed by atoms with E-state index < -0.39 is 0 Å². The molecule has 0 aliphatic carbocycles. The first kappa shape index (κ1) is 16.6. The van der Waals surface area contributed by atoms with Crippen LogP contribution in [0.25, 0.3) is 0 Å². The van der Waals surface area contributed by atoms with Crippen LogP contribution in [0.4, 0.5) is 5.69 Å². The Bertz CT molecular complexity index is 822. The molecule has 0 saturated heterocycles. The molecule has 4 nitrogen and oxygen atoms in total. The predicted octanol–water partition coefficient (Wildman–Crippen LogP) is 4.25. The van der Waals surface area contributed by atoms with Crippen molar-refractivity contribution in [2.45, 2.75) is 13.2 Å². The van der Waals surface area contributed by atoms with Crippen LogP contribution in [-0.2, 0) is 13.2 Å². The molecule has 0 saturated carbocycles. The van der Waals surface area contributed by atoms with Crippen molar-refractivity contribution in [1.29, 1.82) is 5.26 Å². The molecule has 2 N–H and O–H groups in total. The molecule has 0 aliphatic heterocycles. The number of anilines is 1. The summed E-state index contributed by atoms with van der Waals surface area (Å²) in [7, 11) is 0. The van der Waals surface area contributed by atoms with E-state index in [1.165, 1.54) is 0 Å². The van der Waals surface area contributed by atoms with E-state index in [1.54, 1.807) is 12.1 Å². The summed E-state index contributed by atoms with van der Waals surface area (Å²) in [4.78, 5) is 0. The zero-order valence-electron chi connectivity index (χ0n) is 13.8. The van der Waals surface area contributed by atoms with Gasteiger partial charge >= 0.3 is 0 Å². The molecule has 124 valence electrons. The Morgan fingerprint density at radius 3 is 2.16 bits per heavy atom. The maximum absolute atomic E-state index is 8.80. The van der Waals surface area contributed by atoms with Gasteiger partial charge in [-0.2, -0.15) is 5.26 Å². The number of nitrogens with zero attached hydrogens (tertiary/aromatic N) is 1. The molecule has 0 aromatic heterocycles. The van der Waals surface area contributed by atoms with Crippen LogP contribution in [-0.4, -0.2) is 0 Å². The Labute approximate surface area is 147 Å². The summed E-state index contributed by atoms with van der Waals surface area (Å²) < 4.78 is 5.78. The number of ether oxygens (including phenoxy) is 1. The lowest BCUT2D eigenvalue weighted by Gasteiger charge is -2.10. The molecule has 3 rings (SSSR count). The molecular weight excluding hydrogens is 310 g/mol. The molecule has 0 fully saturated rings. The Morgan fingerprint density at radius 1 is 0.800 bits per heavy atom. The summed E-state index contributed by atoms with van der Waals surface area (Å²) in [6, 6.07) is 27.5. The Balaban J connectivity index is 1.46. The third-order valence-corrected chi connectivity index (χ3v) is 3.71. The molecule has 0 unspecified atom stereocenters. The molecule has 0 bridgehead atoms. The first-order chi connectivity index (χ1) is 12.3. The second kappa shape index (κ2) is 8.53. The summed E-state index contributed by atoms with van der Waals surface area (Å²) >= 11 is 0. The van der Waals surface area contributed by atoms with Crippen LogP contribution in [0.5, 0.6) is 5.75 Å². The third kappa shape index (κ3) is 5.10. The lowest BCUT2D eigenvalue weighted by atomic mass is 10.1. The summed E-state index contributed by atoms with van der Waals surface area (Å²) in [5, 5.41) is 8.80. The molecule has 0 heterocycles. The largest absolute Gasteiger partial charge is 0.489 e. The highest BCUT2D eigenvalue weighted by Crippen LogP contribution is 2.15. The van der Waals surface area contributed by atoms with Gasteiger partial charge in [-0.15, -0.1) is 0 Å². The van der Waals surface area contributed by atoms with Gasteiger partial charge in [0.05, 0.1) is 11.6 Å². The van der Waals surface area contributed by atoms with E-state index in [-0.39, 0.29) is 0 Å². The smallest absolute Gasteiger partial charge is 0.119 e. The van der Waals surface area contributed by atoms with Crippen molar-refractivity contribution in [2.24, 2.45) is 0 Å². The highest BCUT2D eigenvalue weighted by Gasteiger charge is 1.98. The number of para-hydroxylation sites is 1. The minimum absolute atomic E-state index is 0.485. The molecule has 0 atom stereocenters. The van der Waals surface area contributed by atoms with Crippen LogP contribution >= 0.6 is 0 Å². The molecule has 25 heavy (non-hydrogen) atoms. The highest BCUT2D eigenvalue weighted by atomic mass is 16.5. The van der Waals surface area contributed by atoms with Crippen molar-refractivity contribution in [1.82, 2.24) is 5.43 Å². The van der Waals surface area contributed by atoms with Crippen LogP contribution in [0.15, 0.2) is 78.9 Å². The van der Waals surface area contributed by atoms with Gasteiger partial charge in [0, 0.05) is 12.2 Å². The average Bonchev–Trinajstić information content (AvgIpc) is 2.68. The Kier molecular flexibility index (Phi) is 5.65. The van der Waals surface area contributed by atoms with E-state index in [0.29, 0.717) is 18.7 Å². The molecule has 0 spiro atoms. The van der Waals surface area contributed by atoms with E-state index >= 15 is 0 Å². The predicted molar refractivity (Wildman–Crippen MR) is 98.8 cm³/mol. The van der Waals surface area contributed by atoms with Crippen LogP contribution in [0.2, 0.25) is 0 Å². The zero-order valence-corrected chi connectivity index (χ0v) is 13.8. The van der Waals surface area contributed by atoms with Crippen molar-refractivity contribution >= 4 is 5.69 Å². The summed E-state index contributed by atoms with van der Waals surface area (Å²) in [6.07, 6.45) is 0. The minimum atomic E-state index is 0.485. The lowest BCUT2D eigenvalue weighted by molar-refractivity contribution is 0.306. The second-order valence-corrected chi connectivity index (χ2v) is 5.59. The Hall–Kier alpha value is -3.29. The van der Waals surface area contributed by atoms with Crippen LogP contribution in [0.1, 0.15) is 16.7 Å². The minimum Gasteiger partial charge on any atom is -0.489 e. The fourth-order valence-corrected chi connectivity index (χ4v) is 2.32. The average molecular weight is 329 g/mol. The van der Waals surface area contributed by atoms with Gasteiger partial charge in [-0.3, -0.25) is 0 Å². The fraction of sp³-hybridized carbons (Fsp3) is 0.0952. The number of hydrogen-bond acceptors (Lipinski definition) is 4. The van der Waals surface area contributed by atoms with Crippen molar-refractivity contribution in [3.8, 4) is 11.8 Å². The summed E-state index contributed by atoms with van der Waals surface area (Å²) in [5.74, 6) is 0.823. The number of hydrazine groups is 1. The molecule has 3 aromatic rings. The van der Waals surface area contributed by atoms with Gasteiger partial charge in [0.25, 0.3) is 0 Å². The number of nitrogens with one attached hydrogen (secondary N) is 2. The van der Waals surface area contributed by atoms with Gasteiger partial charge in [-0.05, 0) is 47.5 Å². The molecule has 4 heteroatoms. The third-order valence-electron chi connectivity index (χ3n) is 3.71. The fourth-order valence-electron chi connectivity index (χ4n) is 2.32. The first-order valence-electron chi connectivity index (χ1n) is 8.08. The van der Waals surface area contributed by atoms with E-state index in [0.717, 1.165) is 22.6 Å². The summed E-state index contributed by atoms with van der Waals surface area (Å²) in [6.45, 7) is 1.20. The van der Waals surface area contributed by atoms with Gasteiger partial charge in [-0.25, -0.2) is 5.43 Å². The number of rotatable bonds is 7. The quantitative estimate of drug-likeness (QED) is 0.636. The number of nitriles is 1. The monoisotopic (exact) mass is 329 g/mol. The van der Waals surface area contributed by atoms with Crippen LogP contribution < -0.4 is 15.6 Å². The Morgan fingerprint density at radius 2 is 1.48 bits per heavy atom. The zero-order chi connectivity index (χ0) is 17.3. The van der Waals surface area contributed by atoms with Gasteiger partial charge in [0.2, 0.25) is 0 Å². The highest BCUT2D eigenvalue weighted by molar-refractivity contribution is 5.41. The van der Waals surface area contributed by atoms with Gasteiger partial charge in [-0.1, -0.05) is 42.5 Å². The van der Waals surface area contributed by atoms with E-state index in [1.807, 2.05) is 66.7 Å². The standard InChI is InChI=1S/C21H19N3O/c22-14-17-6-8-19(9-7-17)16-25-21-12-10-18(11-13-21)15-23-24-20-4-2-1-3-5-20/h1-13,23-24H,15-16H2. The number of hydrogen-bond donors (Lipinski definition) is 2.